The predicted molar refractivity (Wildman–Crippen MR) is 74.1 cm³/mol. The van der Waals surface area contributed by atoms with Gasteiger partial charge in [-0.2, -0.15) is 0 Å². The number of carbonyl (C=O) groups is 1. The van der Waals surface area contributed by atoms with Gasteiger partial charge in [0.15, 0.2) is 5.58 Å². The Morgan fingerprint density at radius 3 is 3.10 bits per heavy atom. The molecule has 0 aliphatic carbocycles. The van der Waals surface area contributed by atoms with Crippen molar-refractivity contribution in [2.75, 3.05) is 13.2 Å². The van der Waals surface area contributed by atoms with E-state index < -0.39 is 0 Å². The summed E-state index contributed by atoms with van der Waals surface area (Å²) < 4.78 is 5.22. The number of likely N-dealkylation sites (tertiary alicyclic amines) is 1. The van der Waals surface area contributed by atoms with Gasteiger partial charge >= 0.3 is 0 Å². The Bertz CT molecular complexity index is 622. The normalized spacial score (nSPS) is 22.6. The largest absolute Gasteiger partial charge is 0.394 e. The molecule has 1 aromatic heterocycles. The van der Waals surface area contributed by atoms with Gasteiger partial charge in [-0.15, -0.1) is 0 Å². The lowest BCUT2D eigenvalue weighted by atomic mass is 10.0. The Kier molecular flexibility index (Phi) is 3.44. The molecule has 20 heavy (non-hydrogen) atoms. The van der Waals surface area contributed by atoms with Crippen LogP contribution in [0.15, 0.2) is 28.8 Å². The number of benzene rings is 1. The van der Waals surface area contributed by atoms with Gasteiger partial charge in [-0.25, -0.2) is 0 Å². The summed E-state index contributed by atoms with van der Waals surface area (Å²) in [6.07, 6.45) is 1.16. The van der Waals surface area contributed by atoms with Gasteiger partial charge < -0.3 is 14.5 Å². The fraction of sp³-hybridized carbons (Fsp3) is 0.467. The van der Waals surface area contributed by atoms with Crippen molar-refractivity contribution in [3.8, 4) is 0 Å². The van der Waals surface area contributed by atoms with Crippen LogP contribution in [-0.2, 0) is 11.2 Å². The molecular weight excluding hydrogens is 256 g/mol. The van der Waals surface area contributed by atoms with E-state index in [9.17, 15) is 9.90 Å². The van der Waals surface area contributed by atoms with Crippen LogP contribution >= 0.6 is 0 Å². The van der Waals surface area contributed by atoms with E-state index in [2.05, 4.69) is 12.1 Å². The molecule has 5 nitrogen and oxygen atoms in total. The maximum atomic E-state index is 12.4. The number of aromatic nitrogens is 1. The maximum Gasteiger partial charge on any atom is 0.229 e. The Morgan fingerprint density at radius 2 is 2.30 bits per heavy atom. The number of carbonyl (C=O) groups excluding carboxylic acids is 1. The second kappa shape index (κ2) is 5.25. The van der Waals surface area contributed by atoms with Gasteiger partial charge in [-0.05, 0) is 24.5 Å². The number of hydrogen-bond donors (Lipinski definition) is 1. The van der Waals surface area contributed by atoms with Crippen LogP contribution in [0.1, 0.15) is 19.0 Å². The second-order valence-electron chi connectivity index (χ2n) is 5.41. The minimum Gasteiger partial charge on any atom is -0.394 e. The SMILES string of the molecule is CC1CCN(C(=O)Cc2noc3ccccc23)C1CO. The molecule has 0 radical (unpaired) electrons. The number of aliphatic hydroxyl groups is 1. The molecule has 0 spiro atoms. The van der Waals surface area contributed by atoms with Crippen molar-refractivity contribution in [3.05, 3.63) is 30.0 Å². The zero-order chi connectivity index (χ0) is 14.1. The summed E-state index contributed by atoms with van der Waals surface area (Å²) in [5.74, 6) is 0.352. The minimum absolute atomic E-state index is 0.00690. The smallest absolute Gasteiger partial charge is 0.229 e. The number of fused-ring (bicyclic) bond motifs is 1. The molecular formula is C15H18N2O3. The summed E-state index contributed by atoms with van der Waals surface area (Å²) >= 11 is 0. The Morgan fingerprint density at radius 1 is 1.50 bits per heavy atom. The number of hydrogen-bond acceptors (Lipinski definition) is 4. The van der Waals surface area contributed by atoms with Gasteiger partial charge in [0.1, 0.15) is 5.69 Å². The molecule has 0 saturated carbocycles. The summed E-state index contributed by atoms with van der Waals surface area (Å²) in [5, 5.41) is 14.3. The highest BCUT2D eigenvalue weighted by Gasteiger charge is 2.34. The van der Waals surface area contributed by atoms with E-state index in [0.29, 0.717) is 23.7 Å². The third kappa shape index (κ3) is 2.18. The summed E-state index contributed by atoms with van der Waals surface area (Å²) in [6, 6.07) is 7.46. The first-order valence-corrected chi connectivity index (χ1v) is 6.94. The lowest BCUT2D eigenvalue weighted by molar-refractivity contribution is -0.132. The molecule has 1 saturated heterocycles. The Balaban J connectivity index is 1.79. The molecule has 106 valence electrons. The highest BCUT2D eigenvalue weighted by atomic mass is 16.5. The third-order valence-electron chi connectivity index (χ3n) is 4.16. The maximum absolute atomic E-state index is 12.4. The summed E-state index contributed by atoms with van der Waals surface area (Å²) in [5.41, 5.74) is 1.37. The van der Waals surface area contributed by atoms with Crippen LogP contribution in [0.2, 0.25) is 0 Å². The predicted octanol–water partition coefficient (Wildman–Crippen LogP) is 1.60. The molecule has 5 heteroatoms. The third-order valence-corrected chi connectivity index (χ3v) is 4.16. The van der Waals surface area contributed by atoms with Crippen LogP contribution in [0.25, 0.3) is 11.0 Å². The van der Waals surface area contributed by atoms with E-state index in [-0.39, 0.29) is 25.0 Å². The van der Waals surface area contributed by atoms with Crippen LogP contribution < -0.4 is 0 Å². The molecule has 2 heterocycles. The van der Waals surface area contributed by atoms with Gasteiger partial charge in [-0.1, -0.05) is 24.2 Å². The van der Waals surface area contributed by atoms with Gasteiger partial charge in [0, 0.05) is 11.9 Å². The average Bonchev–Trinajstić information content (AvgIpc) is 3.03. The van der Waals surface area contributed by atoms with Crippen molar-refractivity contribution in [1.29, 1.82) is 0 Å². The van der Waals surface area contributed by atoms with Crippen molar-refractivity contribution in [1.82, 2.24) is 10.1 Å². The number of amides is 1. The van der Waals surface area contributed by atoms with Crippen molar-refractivity contribution >= 4 is 16.9 Å². The molecule has 1 aliphatic rings. The molecule has 1 amide bonds. The van der Waals surface area contributed by atoms with E-state index in [1.54, 1.807) is 4.90 Å². The topological polar surface area (TPSA) is 66.6 Å². The lowest BCUT2D eigenvalue weighted by Gasteiger charge is -2.24. The highest BCUT2D eigenvalue weighted by Crippen LogP contribution is 2.25. The highest BCUT2D eigenvalue weighted by molar-refractivity contribution is 5.86. The average molecular weight is 274 g/mol. The first kappa shape index (κ1) is 13.1. The Labute approximate surface area is 117 Å². The fourth-order valence-corrected chi connectivity index (χ4v) is 2.91. The van der Waals surface area contributed by atoms with E-state index >= 15 is 0 Å². The summed E-state index contributed by atoms with van der Waals surface area (Å²) in [6.45, 7) is 2.80. The minimum atomic E-state index is -0.0688. The quantitative estimate of drug-likeness (QED) is 0.923. The number of aliphatic hydroxyl groups excluding tert-OH is 1. The zero-order valence-electron chi connectivity index (χ0n) is 11.5. The summed E-state index contributed by atoms with van der Waals surface area (Å²) in [7, 11) is 0. The molecule has 2 atom stereocenters. The lowest BCUT2D eigenvalue weighted by Crippen LogP contribution is -2.40. The number of para-hydroxylation sites is 1. The second-order valence-corrected chi connectivity index (χ2v) is 5.41. The zero-order valence-corrected chi connectivity index (χ0v) is 11.5. The van der Waals surface area contributed by atoms with E-state index in [0.717, 1.165) is 11.8 Å². The molecule has 1 aromatic carbocycles. The molecule has 1 fully saturated rings. The van der Waals surface area contributed by atoms with Gasteiger partial charge in [0.05, 0.1) is 19.1 Å². The number of nitrogens with zero attached hydrogens (tertiary/aromatic N) is 2. The van der Waals surface area contributed by atoms with Crippen molar-refractivity contribution < 1.29 is 14.4 Å². The number of rotatable bonds is 3. The van der Waals surface area contributed by atoms with Gasteiger partial charge in [-0.3, -0.25) is 4.79 Å². The standard InChI is InChI=1S/C15H18N2O3/c1-10-6-7-17(13(10)9-18)15(19)8-12-11-4-2-3-5-14(11)20-16-12/h2-5,10,13,18H,6-9H2,1H3. The fourth-order valence-electron chi connectivity index (χ4n) is 2.91. The first-order chi connectivity index (χ1) is 9.70. The van der Waals surface area contributed by atoms with Gasteiger partial charge in [0.25, 0.3) is 0 Å². The first-order valence-electron chi connectivity index (χ1n) is 6.94. The van der Waals surface area contributed by atoms with Gasteiger partial charge in [0.2, 0.25) is 5.91 Å². The van der Waals surface area contributed by atoms with Crippen molar-refractivity contribution in [2.24, 2.45) is 5.92 Å². The summed E-state index contributed by atoms with van der Waals surface area (Å²) in [4.78, 5) is 14.2. The molecule has 2 aromatic rings. The molecule has 2 unspecified atom stereocenters. The van der Waals surface area contributed by atoms with Crippen LogP contribution in [-0.4, -0.2) is 40.3 Å². The molecule has 1 aliphatic heterocycles. The molecule has 1 N–H and O–H groups in total. The monoisotopic (exact) mass is 274 g/mol. The van der Waals surface area contributed by atoms with E-state index in [1.165, 1.54) is 0 Å². The van der Waals surface area contributed by atoms with Crippen LogP contribution in [0, 0.1) is 5.92 Å². The van der Waals surface area contributed by atoms with Crippen LogP contribution in [0.3, 0.4) is 0 Å². The van der Waals surface area contributed by atoms with E-state index in [1.807, 2.05) is 24.3 Å². The van der Waals surface area contributed by atoms with Crippen LogP contribution in [0.5, 0.6) is 0 Å². The van der Waals surface area contributed by atoms with Crippen molar-refractivity contribution in [3.63, 3.8) is 0 Å². The molecule has 0 bridgehead atoms. The van der Waals surface area contributed by atoms with Crippen molar-refractivity contribution in [2.45, 2.75) is 25.8 Å². The van der Waals surface area contributed by atoms with E-state index in [4.69, 9.17) is 4.52 Å². The molecule has 3 rings (SSSR count). The Hall–Kier alpha value is -1.88. The van der Waals surface area contributed by atoms with Crippen LogP contribution in [0.4, 0.5) is 0 Å².